The molecule has 192 valence electrons. The van der Waals surface area contributed by atoms with Gasteiger partial charge in [-0.2, -0.15) is 0 Å². The molecule has 1 fully saturated rings. The SMILES string of the molecule is CCOC(=O)COC1=C(C(N)=O)C(=O)[C@@]2(O)C(=O)C3C(=O)c4c(O)cccc4C[C@H]3C[C@H]2[C@@H]1N(C)C. The Kier molecular flexibility index (Phi) is 6.48. The molecule has 36 heavy (non-hydrogen) atoms. The van der Waals surface area contributed by atoms with Crippen molar-refractivity contribution in [3.8, 4) is 5.75 Å². The standard InChI is InChI=1S/C25H28N2O9/c1-4-35-15(29)10-36-21-18(24(26)33)23(32)25(34)13(19(21)27(2)3)9-12-8-11-6-5-7-14(28)16(11)20(30)17(12)22(25)31/h5-7,12-13,17,19,28,34H,4,8-10H2,1-3H3,(H2,26,33)/t12-,13-,17?,19-,25-/m0/s1. The van der Waals surface area contributed by atoms with Crippen LogP contribution in [0.3, 0.4) is 0 Å². The fourth-order valence-corrected chi connectivity index (χ4v) is 5.88. The number of carbonyl (C=O) groups is 5. The van der Waals surface area contributed by atoms with Crippen LogP contribution in [-0.2, 0) is 35.1 Å². The van der Waals surface area contributed by atoms with Gasteiger partial charge in [-0.1, -0.05) is 12.1 Å². The summed E-state index contributed by atoms with van der Waals surface area (Å²) < 4.78 is 10.5. The molecule has 0 heterocycles. The van der Waals surface area contributed by atoms with E-state index in [1.165, 1.54) is 6.07 Å². The van der Waals surface area contributed by atoms with E-state index < -0.39 is 70.8 Å². The number of carbonyl (C=O) groups excluding carboxylic acids is 5. The maximum absolute atomic E-state index is 13.8. The number of benzene rings is 1. The van der Waals surface area contributed by atoms with Crippen molar-refractivity contribution < 1.29 is 43.7 Å². The number of hydrogen-bond donors (Lipinski definition) is 3. The average molecular weight is 501 g/mol. The molecule has 11 nitrogen and oxygen atoms in total. The van der Waals surface area contributed by atoms with Gasteiger partial charge < -0.3 is 25.4 Å². The summed E-state index contributed by atoms with van der Waals surface area (Å²) in [6.07, 6.45) is 0.318. The minimum atomic E-state index is -2.73. The molecule has 0 bridgehead atoms. The van der Waals surface area contributed by atoms with Gasteiger partial charge >= 0.3 is 5.97 Å². The van der Waals surface area contributed by atoms with Crippen molar-refractivity contribution in [2.75, 3.05) is 27.3 Å². The van der Waals surface area contributed by atoms with Crippen LogP contribution in [0.4, 0.5) is 0 Å². The molecular weight excluding hydrogens is 472 g/mol. The van der Waals surface area contributed by atoms with E-state index in [-0.39, 0.29) is 36.5 Å². The first-order valence-corrected chi connectivity index (χ1v) is 11.6. The highest BCUT2D eigenvalue weighted by Crippen LogP contribution is 2.51. The van der Waals surface area contributed by atoms with E-state index in [0.717, 1.165) is 0 Å². The number of likely N-dealkylation sites (N-methyl/N-ethyl adjacent to an activating group) is 1. The summed E-state index contributed by atoms with van der Waals surface area (Å²) in [5.74, 6) is -8.53. The predicted octanol–water partition coefficient (Wildman–Crippen LogP) is -0.484. The van der Waals surface area contributed by atoms with E-state index in [2.05, 4.69) is 0 Å². The van der Waals surface area contributed by atoms with Crippen LogP contribution >= 0.6 is 0 Å². The first kappa shape index (κ1) is 25.5. The number of aliphatic hydroxyl groups is 1. The van der Waals surface area contributed by atoms with Crippen molar-refractivity contribution in [1.29, 1.82) is 0 Å². The second kappa shape index (κ2) is 9.14. The summed E-state index contributed by atoms with van der Waals surface area (Å²) in [6.45, 7) is 1.07. The van der Waals surface area contributed by atoms with Crippen LogP contribution in [0.15, 0.2) is 29.5 Å². The van der Waals surface area contributed by atoms with E-state index in [1.54, 1.807) is 38.1 Å². The monoisotopic (exact) mass is 500 g/mol. The number of fused-ring (bicyclic) bond motifs is 3. The van der Waals surface area contributed by atoms with Crippen molar-refractivity contribution in [2.24, 2.45) is 23.5 Å². The van der Waals surface area contributed by atoms with Gasteiger partial charge in [-0.05, 0) is 51.4 Å². The van der Waals surface area contributed by atoms with Gasteiger partial charge in [-0.25, -0.2) is 4.79 Å². The van der Waals surface area contributed by atoms with Crippen molar-refractivity contribution in [3.05, 3.63) is 40.7 Å². The Balaban J connectivity index is 1.84. The number of nitrogens with zero attached hydrogens (tertiary/aromatic N) is 1. The lowest BCUT2D eigenvalue weighted by Gasteiger charge is -2.52. The molecule has 0 aliphatic heterocycles. The fourth-order valence-electron chi connectivity index (χ4n) is 5.88. The third-order valence-electron chi connectivity index (χ3n) is 7.29. The molecule has 3 aliphatic rings. The minimum absolute atomic E-state index is 0.00862. The molecule has 1 amide bonds. The van der Waals surface area contributed by atoms with Gasteiger partial charge in [0, 0.05) is 5.92 Å². The first-order valence-electron chi connectivity index (χ1n) is 11.6. The number of rotatable bonds is 6. The zero-order valence-electron chi connectivity index (χ0n) is 20.1. The number of aromatic hydroxyl groups is 1. The van der Waals surface area contributed by atoms with E-state index >= 15 is 0 Å². The Morgan fingerprint density at radius 2 is 1.92 bits per heavy atom. The Morgan fingerprint density at radius 3 is 2.53 bits per heavy atom. The van der Waals surface area contributed by atoms with Crippen molar-refractivity contribution in [2.45, 2.75) is 31.4 Å². The predicted molar refractivity (Wildman–Crippen MR) is 122 cm³/mol. The second-order valence-corrected chi connectivity index (χ2v) is 9.52. The number of nitrogens with two attached hydrogens (primary N) is 1. The fraction of sp³-hybridized carbons (Fsp3) is 0.480. The quantitative estimate of drug-likeness (QED) is 0.263. The van der Waals surface area contributed by atoms with Gasteiger partial charge in [0.05, 0.1) is 24.1 Å². The molecule has 4 N–H and O–H groups in total. The largest absolute Gasteiger partial charge is 0.507 e. The molecule has 1 unspecified atom stereocenters. The van der Waals surface area contributed by atoms with Gasteiger partial charge in [0.2, 0.25) is 5.78 Å². The third kappa shape index (κ3) is 3.70. The van der Waals surface area contributed by atoms with E-state index in [1.807, 2.05) is 0 Å². The lowest BCUT2D eigenvalue weighted by atomic mass is 9.54. The summed E-state index contributed by atoms with van der Waals surface area (Å²) in [6, 6.07) is 3.62. The Bertz CT molecular complexity index is 1200. The maximum Gasteiger partial charge on any atom is 0.344 e. The molecule has 4 rings (SSSR count). The highest BCUT2D eigenvalue weighted by atomic mass is 16.6. The van der Waals surface area contributed by atoms with Gasteiger partial charge in [-0.15, -0.1) is 0 Å². The smallest absolute Gasteiger partial charge is 0.344 e. The molecule has 0 saturated heterocycles. The highest BCUT2D eigenvalue weighted by Gasteiger charge is 2.67. The topological polar surface area (TPSA) is 174 Å². The van der Waals surface area contributed by atoms with Crippen LogP contribution in [0.25, 0.3) is 0 Å². The lowest BCUT2D eigenvalue weighted by molar-refractivity contribution is -0.171. The lowest BCUT2D eigenvalue weighted by Crippen LogP contribution is -2.69. The summed E-state index contributed by atoms with van der Waals surface area (Å²) in [5.41, 5.74) is 2.58. The first-order chi connectivity index (χ1) is 16.9. The highest BCUT2D eigenvalue weighted by molar-refractivity contribution is 6.32. The normalized spacial score (nSPS) is 29.4. The van der Waals surface area contributed by atoms with Gasteiger partial charge in [-0.3, -0.25) is 24.1 Å². The van der Waals surface area contributed by atoms with Gasteiger partial charge in [0.1, 0.15) is 17.1 Å². The summed E-state index contributed by atoms with van der Waals surface area (Å²) in [5, 5.41) is 22.0. The van der Waals surface area contributed by atoms with Crippen LogP contribution in [-0.4, -0.2) is 83.3 Å². The van der Waals surface area contributed by atoms with Crippen LogP contribution in [0.2, 0.25) is 0 Å². The number of ether oxygens (including phenoxy) is 2. The van der Waals surface area contributed by atoms with E-state index in [4.69, 9.17) is 15.2 Å². The van der Waals surface area contributed by atoms with Gasteiger partial charge in [0.25, 0.3) is 5.91 Å². The number of Topliss-reactive ketones (excluding diaryl/α,β-unsaturated/α-hetero) is 3. The Hall–Kier alpha value is -3.57. The Morgan fingerprint density at radius 1 is 1.22 bits per heavy atom. The summed E-state index contributed by atoms with van der Waals surface area (Å²) in [4.78, 5) is 66.6. The zero-order valence-corrected chi connectivity index (χ0v) is 20.1. The number of amides is 1. The number of hydrogen-bond acceptors (Lipinski definition) is 10. The number of ketones is 3. The number of phenols is 1. The molecule has 1 aromatic carbocycles. The summed E-state index contributed by atoms with van der Waals surface area (Å²) >= 11 is 0. The van der Waals surface area contributed by atoms with Crippen molar-refractivity contribution in [3.63, 3.8) is 0 Å². The summed E-state index contributed by atoms with van der Waals surface area (Å²) in [7, 11) is 3.20. The number of phenolic OH excluding ortho intramolecular Hbond substituents is 1. The van der Waals surface area contributed by atoms with Crippen LogP contribution in [0.5, 0.6) is 5.75 Å². The Labute approximate surface area is 206 Å². The molecule has 5 atom stereocenters. The molecule has 0 spiro atoms. The maximum atomic E-state index is 13.8. The van der Waals surface area contributed by atoms with Gasteiger partial charge in [0.15, 0.2) is 23.8 Å². The number of primary amides is 1. The van der Waals surface area contributed by atoms with Crippen LogP contribution in [0, 0.1) is 17.8 Å². The van der Waals surface area contributed by atoms with Crippen molar-refractivity contribution >= 4 is 29.2 Å². The second-order valence-electron chi connectivity index (χ2n) is 9.52. The molecule has 1 aromatic rings. The molecule has 0 radical (unpaired) electrons. The van der Waals surface area contributed by atoms with Crippen LogP contribution in [0.1, 0.15) is 29.3 Å². The third-order valence-corrected chi connectivity index (χ3v) is 7.29. The molecule has 11 heteroatoms. The number of esters is 1. The van der Waals surface area contributed by atoms with E-state index in [9.17, 15) is 34.2 Å². The molecule has 1 saturated carbocycles. The van der Waals surface area contributed by atoms with E-state index in [0.29, 0.717) is 5.56 Å². The molecule has 3 aliphatic carbocycles. The van der Waals surface area contributed by atoms with Crippen molar-refractivity contribution in [1.82, 2.24) is 4.90 Å². The average Bonchev–Trinajstić information content (AvgIpc) is 2.79. The minimum Gasteiger partial charge on any atom is -0.507 e. The molecule has 0 aromatic heterocycles. The molecular formula is C25H28N2O9. The van der Waals surface area contributed by atoms with Crippen LogP contribution < -0.4 is 5.73 Å². The zero-order chi connectivity index (χ0) is 26.5.